The van der Waals surface area contributed by atoms with Gasteiger partial charge in [0, 0.05) is 11.7 Å². The van der Waals surface area contributed by atoms with Crippen molar-refractivity contribution in [2.75, 3.05) is 10.0 Å². The summed E-state index contributed by atoms with van der Waals surface area (Å²) in [4.78, 5) is 0. The zero-order valence-electron chi connectivity index (χ0n) is 10.4. The van der Waals surface area contributed by atoms with Crippen molar-refractivity contribution in [3.8, 4) is 0 Å². The van der Waals surface area contributed by atoms with E-state index in [2.05, 4.69) is 14.4 Å². The zero-order valence-corrected chi connectivity index (χ0v) is 11.2. The molecule has 19 heavy (non-hydrogen) atoms. The highest BCUT2D eigenvalue weighted by Crippen LogP contribution is 2.31. The Morgan fingerprint density at radius 3 is 2.79 bits per heavy atom. The molecule has 0 bridgehead atoms. The number of hydrogen-bond donors (Lipinski definition) is 3. The van der Waals surface area contributed by atoms with Crippen molar-refractivity contribution >= 4 is 27.4 Å². The summed E-state index contributed by atoms with van der Waals surface area (Å²) < 4.78 is 28.9. The first-order valence-electron chi connectivity index (χ1n) is 6.33. The minimum atomic E-state index is -3.70. The molecule has 1 fully saturated rings. The lowest BCUT2D eigenvalue weighted by Gasteiger charge is -2.22. The number of anilines is 2. The second-order valence-electron chi connectivity index (χ2n) is 4.91. The summed E-state index contributed by atoms with van der Waals surface area (Å²) >= 11 is 0. The Balaban J connectivity index is 1.99. The maximum Gasteiger partial charge on any atom is 0.344 e. The number of fused-ring (bicyclic) bond motifs is 1. The van der Waals surface area contributed by atoms with Crippen LogP contribution in [0.15, 0.2) is 22.6 Å². The summed E-state index contributed by atoms with van der Waals surface area (Å²) in [6, 6.07) is 5.82. The molecular formula is C12H16N4O2S. The molecule has 1 aliphatic carbocycles. The van der Waals surface area contributed by atoms with E-state index in [0.717, 1.165) is 18.5 Å². The van der Waals surface area contributed by atoms with Crippen molar-refractivity contribution in [2.24, 2.45) is 10.1 Å². The van der Waals surface area contributed by atoms with Crippen molar-refractivity contribution in [3.63, 3.8) is 0 Å². The second kappa shape index (κ2) is 4.41. The Bertz CT molecular complexity index is 633. The second-order valence-corrected chi connectivity index (χ2v) is 6.24. The smallest absolute Gasteiger partial charge is 0.344 e. The van der Waals surface area contributed by atoms with Crippen molar-refractivity contribution in [3.05, 3.63) is 23.8 Å². The van der Waals surface area contributed by atoms with Crippen LogP contribution in [0.5, 0.6) is 0 Å². The van der Waals surface area contributed by atoms with Crippen LogP contribution in [0.4, 0.5) is 11.4 Å². The molecule has 1 aliphatic heterocycles. The maximum atomic E-state index is 11.5. The van der Waals surface area contributed by atoms with E-state index in [0.29, 0.717) is 17.3 Å². The van der Waals surface area contributed by atoms with Gasteiger partial charge in [0.1, 0.15) is 5.84 Å². The lowest BCUT2D eigenvalue weighted by atomic mass is 10.1. The van der Waals surface area contributed by atoms with Gasteiger partial charge in [-0.15, -0.1) is 4.40 Å². The molecule has 1 heterocycles. The quantitative estimate of drug-likeness (QED) is 0.763. The summed E-state index contributed by atoms with van der Waals surface area (Å²) in [5.74, 6) is 0.0369. The Labute approximate surface area is 112 Å². The van der Waals surface area contributed by atoms with Crippen molar-refractivity contribution < 1.29 is 8.42 Å². The van der Waals surface area contributed by atoms with Crippen LogP contribution in [0, 0.1) is 0 Å². The van der Waals surface area contributed by atoms with Gasteiger partial charge in [-0.25, -0.2) is 0 Å². The fourth-order valence-corrected chi connectivity index (χ4v) is 3.50. The minimum absolute atomic E-state index is 0.0369. The molecule has 3 rings (SSSR count). The third-order valence-electron chi connectivity index (χ3n) is 3.49. The molecule has 4 N–H and O–H groups in total. The Morgan fingerprint density at radius 1 is 1.32 bits per heavy atom. The van der Waals surface area contributed by atoms with Gasteiger partial charge in [-0.3, -0.25) is 4.72 Å². The topological polar surface area (TPSA) is 96.6 Å². The van der Waals surface area contributed by atoms with Gasteiger partial charge in [-0.1, -0.05) is 18.9 Å². The first-order valence-corrected chi connectivity index (χ1v) is 7.77. The standard InChI is InChI=1S/C12H16N4O2S/c13-12-11-9(14-8-4-1-2-5-8)6-3-7-10(11)15-19(17,18)16-12/h3,6-8,14-15H,1-2,4-5H2,(H2,13,16). The number of hydrogen-bond acceptors (Lipinski definition) is 4. The summed E-state index contributed by atoms with van der Waals surface area (Å²) in [5, 5.41) is 3.43. The van der Waals surface area contributed by atoms with Crippen molar-refractivity contribution in [1.29, 1.82) is 0 Å². The van der Waals surface area contributed by atoms with E-state index in [9.17, 15) is 8.42 Å². The minimum Gasteiger partial charge on any atom is -0.382 e. The highest BCUT2D eigenvalue weighted by Gasteiger charge is 2.25. The molecule has 0 atom stereocenters. The van der Waals surface area contributed by atoms with E-state index in [4.69, 9.17) is 5.73 Å². The van der Waals surface area contributed by atoms with Crippen LogP contribution in [-0.4, -0.2) is 20.3 Å². The largest absolute Gasteiger partial charge is 0.382 e. The van der Waals surface area contributed by atoms with E-state index >= 15 is 0 Å². The molecule has 0 unspecified atom stereocenters. The number of rotatable bonds is 2. The van der Waals surface area contributed by atoms with E-state index in [1.54, 1.807) is 12.1 Å². The fourth-order valence-electron chi connectivity index (χ4n) is 2.66. The third-order valence-corrected chi connectivity index (χ3v) is 4.41. The van der Waals surface area contributed by atoms with Gasteiger partial charge >= 0.3 is 10.2 Å². The lowest BCUT2D eigenvalue weighted by Crippen LogP contribution is -2.28. The van der Waals surface area contributed by atoms with Crippen LogP contribution in [0.2, 0.25) is 0 Å². The summed E-state index contributed by atoms with van der Waals surface area (Å²) in [5.41, 5.74) is 7.75. The van der Waals surface area contributed by atoms with Crippen LogP contribution < -0.4 is 15.8 Å². The van der Waals surface area contributed by atoms with Crippen LogP contribution in [0.25, 0.3) is 0 Å². The van der Waals surface area contributed by atoms with E-state index < -0.39 is 10.2 Å². The number of benzene rings is 1. The maximum absolute atomic E-state index is 11.5. The average Bonchev–Trinajstić information content (AvgIpc) is 2.79. The predicted octanol–water partition coefficient (Wildman–Crippen LogP) is 1.42. The Morgan fingerprint density at radius 2 is 2.05 bits per heavy atom. The molecule has 1 aromatic rings. The first kappa shape index (κ1) is 12.3. The Hall–Kier alpha value is -1.76. The van der Waals surface area contributed by atoms with Crippen LogP contribution in [0.3, 0.4) is 0 Å². The fraction of sp³-hybridized carbons (Fsp3) is 0.417. The van der Waals surface area contributed by atoms with Gasteiger partial charge in [-0.2, -0.15) is 8.42 Å². The first-order chi connectivity index (χ1) is 9.05. The van der Waals surface area contributed by atoms with E-state index in [1.807, 2.05) is 6.07 Å². The molecule has 1 aromatic carbocycles. The number of nitrogens with two attached hydrogens (primary N) is 1. The molecule has 0 spiro atoms. The number of nitrogens with one attached hydrogen (secondary N) is 2. The molecule has 6 nitrogen and oxygen atoms in total. The predicted molar refractivity (Wildman–Crippen MR) is 75.6 cm³/mol. The molecule has 0 amide bonds. The molecule has 102 valence electrons. The summed E-state index contributed by atoms with van der Waals surface area (Å²) in [6.45, 7) is 0. The molecular weight excluding hydrogens is 264 g/mol. The Kier molecular flexibility index (Phi) is 2.85. The summed E-state index contributed by atoms with van der Waals surface area (Å²) in [6.07, 6.45) is 4.71. The molecule has 0 radical (unpaired) electrons. The zero-order chi connectivity index (χ0) is 13.5. The lowest BCUT2D eigenvalue weighted by molar-refractivity contribution is 0.602. The average molecular weight is 280 g/mol. The highest BCUT2D eigenvalue weighted by molar-refractivity contribution is 7.91. The van der Waals surface area contributed by atoms with E-state index in [1.165, 1.54) is 12.8 Å². The third kappa shape index (κ3) is 2.37. The van der Waals surface area contributed by atoms with Gasteiger partial charge < -0.3 is 11.1 Å². The van der Waals surface area contributed by atoms with Gasteiger partial charge in [-0.05, 0) is 25.0 Å². The van der Waals surface area contributed by atoms with Crippen LogP contribution in [-0.2, 0) is 10.2 Å². The van der Waals surface area contributed by atoms with E-state index in [-0.39, 0.29) is 5.84 Å². The summed E-state index contributed by atoms with van der Waals surface area (Å²) in [7, 11) is -3.70. The monoisotopic (exact) mass is 280 g/mol. The normalized spacial score (nSPS) is 21.4. The number of amidine groups is 1. The van der Waals surface area contributed by atoms with Crippen molar-refractivity contribution in [1.82, 2.24) is 0 Å². The van der Waals surface area contributed by atoms with Gasteiger partial charge in [0.15, 0.2) is 0 Å². The molecule has 2 aliphatic rings. The van der Waals surface area contributed by atoms with Crippen LogP contribution in [0.1, 0.15) is 31.2 Å². The highest BCUT2D eigenvalue weighted by atomic mass is 32.2. The van der Waals surface area contributed by atoms with Crippen molar-refractivity contribution in [2.45, 2.75) is 31.7 Å². The van der Waals surface area contributed by atoms with Gasteiger partial charge in [0.25, 0.3) is 0 Å². The molecule has 1 saturated carbocycles. The van der Waals surface area contributed by atoms with Crippen LogP contribution >= 0.6 is 0 Å². The molecule has 0 saturated heterocycles. The SMILES string of the molecule is NC1=NS(=O)(=O)Nc2cccc(NC3CCCC3)c21. The molecule has 0 aromatic heterocycles. The van der Waals surface area contributed by atoms with Gasteiger partial charge in [0.2, 0.25) is 0 Å². The molecule has 7 heteroatoms. The number of nitrogens with zero attached hydrogens (tertiary/aromatic N) is 1. The van der Waals surface area contributed by atoms with Gasteiger partial charge in [0.05, 0.1) is 11.3 Å².